The second-order valence-electron chi connectivity index (χ2n) is 7.58. The molecule has 0 saturated carbocycles. The van der Waals surface area contributed by atoms with Crippen LogP contribution >= 0.6 is 0 Å². The van der Waals surface area contributed by atoms with Crippen LogP contribution in [0.3, 0.4) is 0 Å². The molecule has 7 heteroatoms. The molecule has 0 bridgehead atoms. The van der Waals surface area contributed by atoms with Crippen LogP contribution in [-0.2, 0) is 9.59 Å². The molecule has 1 unspecified atom stereocenters. The van der Waals surface area contributed by atoms with Crippen molar-refractivity contribution in [2.45, 2.75) is 39.7 Å². The number of nitrogens with one attached hydrogen (secondary N) is 2. The average Bonchev–Trinajstić information content (AvgIpc) is 2.62. The molecule has 1 saturated heterocycles. The minimum Gasteiger partial charge on any atom is -0.366 e. The van der Waals surface area contributed by atoms with E-state index in [1.165, 1.54) is 0 Å². The maximum absolute atomic E-state index is 12.3. The summed E-state index contributed by atoms with van der Waals surface area (Å²) in [5.74, 6) is -0.0581. The molecule has 7 nitrogen and oxygen atoms in total. The predicted octanol–water partition coefficient (Wildman–Crippen LogP) is 1.60. The van der Waals surface area contributed by atoms with Gasteiger partial charge >= 0.3 is 0 Å². The third kappa shape index (κ3) is 6.36. The largest absolute Gasteiger partial charge is 0.366 e. The number of piperidine rings is 1. The van der Waals surface area contributed by atoms with Gasteiger partial charge in [0.05, 0.1) is 6.54 Å². The summed E-state index contributed by atoms with van der Waals surface area (Å²) in [5.41, 5.74) is 6.23. The molecule has 4 N–H and O–H groups in total. The summed E-state index contributed by atoms with van der Waals surface area (Å²) >= 11 is 0. The molecule has 1 heterocycles. The predicted molar refractivity (Wildman–Crippen MR) is 105 cm³/mol. The van der Waals surface area contributed by atoms with Gasteiger partial charge in [-0.3, -0.25) is 19.3 Å². The quantitative estimate of drug-likeness (QED) is 0.674. The third-order valence-corrected chi connectivity index (χ3v) is 5.15. The zero-order valence-electron chi connectivity index (χ0n) is 16.3. The summed E-state index contributed by atoms with van der Waals surface area (Å²) in [6.07, 6.45) is 1.52. The number of nitrogens with zero attached hydrogens (tertiary/aromatic N) is 1. The Kier molecular flexibility index (Phi) is 7.36. The topological polar surface area (TPSA) is 105 Å². The van der Waals surface area contributed by atoms with Crippen molar-refractivity contribution < 1.29 is 14.4 Å². The Labute approximate surface area is 160 Å². The first-order valence-corrected chi connectivity index (χ1v) is 9.48. The first-order valence-electron chi connectivity index (χ1n) is 9.48. The molecule has 3 amide bonds. The highest BCUT2D eigenvalue weighted by Gasteiger charge is 2.27. The molecule has 1 aliphatic heterocycles. The fraction of sp³-hybridized carbons (Fsp3) is 0.550. The molecule has 0 aromatic heterocycles. The van der Waals surface area contributed by atoms with E-state index in [1.54, 1.807) is 24.3 Å². The molecule has 1 atom stereocenters. The number of likely N-dealkylation sites (tertiary alicyclic amines) is 1. The number of carbonyl (C=O) groups is 3. The Hall–Kier alpha value is -2.41. The molecule has 1 aliphatic rings. The lowest BCUT2D eigenvalue weighted by atomic mass is 9.95. The normalized spacial score (nSPS) is 16.7. The van der Waals surface area contributed by atoms with E-state index in [1.807, 2.05) is 6.92 Å². The Bertz CT molecular complexity index is 664. The number of amides is 3. The molecule has 1 fully saturated rings. The van der Waals surface area contributed by atoms with Crippen molar-refractivity contribution in [3.05, 3.63) is 29.8 Å². The van der Waals surface area contributed by atoms with Gasteiger partial charge in [-0.2, -0.15) is 0 Å². The van der Waals surface area contributed by atoms with E-state index < -0.39 is 5.91 Å². The Morgan fingerprint density at radius 1 is 1.11 bits per heavy atom. The molecular formula is C20H30N4O3. The van der Waals surface area contributed by atoms with Crippen LogP contribution < -0.4 is 16.4 Å². The lowest BCUT2D eigenvalue weighted by molar-refractivity contribution is -0.127. The van der Waals surface area contributed by atoms with Crippen molar-refractivity contribution in [3.63, 3.8) is 0 Å². The van der Waals surface area contributed by atoms with Gasteiger partial charge in [0, 0.05) is 23.2 Å². The zero-order valence-corrected chi connectivity index (χ0v) is 16.3. The smallest absolute Gasteiger partial charge is 0.248 e. The van der Waals surface area contributed by atoms with Crippen LogP contribution in [-0.4, -0.2) is 48.3 Å². The number of carbonyl (C=O) groups excluding carboxylic acids is 3. The van der Waals surface area contributed by atoms with Crippen LogP contribution in [0.25, 0.3) is 0 Å². The van der Waals surface area contributed by atoms with Gasteiger partial charge in [0.2, 0.25) is 17.7 Å². The summed E-state index contributed by atoms with van der Waals surface area (Å²) in [7, 11) is 0. The standard InChI is InChI=1S/C20H30N4O3/c1-13(2)14(3)22-20(27)16-8-10-24(11-9-16)12-18(25)23-17-6-4-15(5-7-17)19(21)26/h4-7,13-14,16H,8-12H2,1-3H3,(H2,21,26)(H,22,27)(H,23,25). The maximum atomic E-state index is 12.3. The highest BCUT2D eigenvalue weighted by molar-refractivity contribution is 5.95. The SMILES string of the molecule is CC(C)C(C)NC(=O)C1CCN(CC(=O)Nc2ccc(C(N)=O)cc2)CC1. The Balaban J connectivity index is 1.75. The van der Waals surface area contributed by atoms with E-state index >= 15 is 0 Å². The third-order valence-electron chi connectivity index (χ3n) is 5.15. The van der Waals surface area contributed by atoms with Gasteiger partial charge < -0.3 is 16.4 Å². The Morgan fingerprint density at radius 3 is 2.22 bits per heavy atom. The van der Waals surface area contributed by atoms with Crippen molar-refractivity contribution >= 4 is 23.4 Å². The molecule has 1 aromatic carbocycles. The van der Waals surface area contributed by atoms with Gasteiger partial charge in [0.15, 0.2) is 0 Å². The highest BCUT2D eigenvalue weighted by Crippen LogP contribution is 2.18. The van der Waals surface area contributed by atoms with E-state index in [-0.39, 0.29) is 30.3 Å². The van der Waals surface area contributed by atoms with Gasteiger partial charge in [-0.05, 0) is 63.0 Å². The van der Waals surface area contributed by atoms with Crippen LogP contribution in [0.4, 0.5) is 5.69 Å². The van der Waals surface area contributed by atoms with Crippen LogP contribution in [0.5, 0.6) is 0 Å². The van der Waals surface area contributed by atoms with Crippen LogP contribution in [0, 0.1) is 11.8 Å². The summed E-state index contributed by atoms with van der Waals surface area (Å²) < 4.78 is 0. The fourth-order valence-corrected chi connectivity index (χ4v) is 2.98. The van der Waals surface area contributed by atoms with Crippen molar-refractivity contribution in [1.29, 1.82) is 0 Å². The van der Waals surface area contributed by atoms with Crippen molar-refractivity contribution in [3.8, 4) is 0 Å². The van der Waals surface area contributed by atoms with Crippen LogP contribution in [0.1, 0.15) is 44.0 Å². The van der Waals surface area contributed by atoms with Gasteiger partial charge in [0.25, 0.3) is 0 Å². The van der Waals surface area contributed by atoms with Gasteiger partial charge in [-0.1, -0.05) is 13.8 Å². The summed E-state index contributed by atoms with van der Waals surface area (Å²) in [6, 6.07) is 6.65. The van der Waals surface area contributed by atoms with Gasteiger partial charge in [-0.15, -0.1) is 0 Å². The van der Waals surface area contributed by atoms with E-state index in [9.17, 15) is 14.4 Å². The zero-order chi connectivity index (χ0) is 20.0. The number of nitrogens with two attached hydrogens (primary N) is 1. The van der Waals surface area contributed by atoms with Crippen molar-refractivity contribution in [2.75, 3.05) is 25.0 Å². The summed E-state index contributed by atoms with van der Waals surface area (Å²) in [5, 5.41) is 5.90. The van der Waals surface area contributed by atoms with Gasteiger partial charge in [-0.25, -0.2) is 0 Å². The second kappa shape index (κ2) is 9.50. The highest BCUT2D eigenvalue weighted by atomic mass is 16.2. The molecule has 0 radical (unpaired) electrons. The first-order chi connectivity index (χ1) is 12.8. The number of hydrogen-bond acceptors (Lipinski definition) is 4. The Morgan fingerprint density at radius 2 is 1.70 bits per heavy atom. The van der Waals surface area contributed by atoms with E-state index in [0.29, 0.717) is 17.2 Å². The lowest BCUT2D eigenvalue weighted by Crippen LogP contribution is -2.45. The second-order valence-corrected chi connectivity index (χ2v) is 7.58. The summed E-state index contributed by atoms with van der Waals surface area (Å²) in [6.45, 7) is 7.94. The van der Waals surface area contributed by atoms with Gasteiger partial charge in [0.1, 0.15) is 0 Å². The van der Waals surface area contributed by atoms with E-state index in [4.69, 9.17) is 5.73 Å². The van der Waals surface area contributed by atoms with E-state index in [2.05, 4.69) is 29.4 Å². The van der Waals surface area contributed by atoms with Crippen molar-refractivity contribution in [1.82, 2.24) is 10.2 Å². The minimum absolute atomic E-state index is 0.0202. The molecule has 0 spiro atoms. The summed E-state index contributed by atoms with van der Waals surface area (Å²) in [4.78, 5) is 37.6. The molecule has 0 aliphatic carbocycles. The average molecular weight is 374 g/mol. The monoisotopic (exact) mass is 374 g/mol. The number of anilines is 1. The first kappa shape index (κ1) is 20.9. The molecule has 148 valence electrons. The van der Waals surface area contributed by atoms with Crippen LogP contribution in [0.15, 0.2) is 24.3 Å². The minimum atomic E-state index is -0.498. The lowest BCUT2D eigenvalue weighted by Gasteiger charge is -2.31. The maximum Gasteiger partial charge on any atom is 0.248 e. The van der Waals surface area contributed by atoms with Crippen molar-refractivity contribution in [2.24, 2.45) is 17.6 Å². The molecule has 2 rings (SSSR count). The number of hydrogen-bond donors (Lipinski definition) is 3. The molecule has 1 aromatic rings. The molecule has 27 heavy (non-hydrogen) atoms. The number of rotatable bonds is 7. The number of benzene rings is 1. The van der Waals surface area contributed by atoms with E-state index in [0.717, 1.165) is 25.9 Å². The fourth-order valence-electron chi connectivity index (χ4n) is 2.98. The molecular weight excluding hydrogens is 344 g/mol. The number of primary amides is 1. The van der Waals surface area contributed by atoms with Crippen LogP contribution in [0.2, 0.25) is 0 Å².